The van der Waals surface area contributed by atoms with Crippen molar-refractivity contribution in [1.82, 2.24) is 5.32 Å². The predicted molar refractivity (Wildman–Crippen MR) is 156 cm³/mol. The maximum absolute atomic E-state index is 13.2. The molecule has 3 aromatic rings. The summed E-state index contributed by atoms with van der Waals surface area (Å²) in [6, 6.07) is 19.4. The average molecular weight is 574 g/mol. The van der Waals surface area contributed by atoms with Crippen molar-refractivity contribution in [2.75, 3.05) is 6.54 Å². The van der Waals surface area contributed by atoms with Gasteiger partial charge in [0.05, 0.1) is 6.42 Å². The van der Waals surface area contributed by atoms with Gasteiger partial charge >= 0.3 is 12.1 Å². The number of thioether (sulfide) groups is 1. The van der Waals surface area contributed by atoms with Crippen molar-refractivity contribution in [2.45, 2.75) is 81.8 Å². The SMILES string of the molecule is Cc1cc(SC(CCC(F)(F)F)c2ccc(C(O)NCCC(=O)O)cc2)cc(C)c1-c1ccc(C(C)(C)C)cc1. The third-order valence-electron chi connectivity index (χ3n) is 6.81. The second kappa shape index (κ2) is 13.2. The molecule has 0 fully saturated rings. The number of aliphatic hydroxyl groups is 1. The Morgan fingerprint density at radius 1 is 0.925 bits per heavy atom. The summed E-state index contributed by atoms with van der Waals surface area (Å²) in [7, 11) is 0. The number of carboxylic acids is 1. The Balaban J connectivity index is 1.83. The van der Waals surface area contributed by atoms with Gasteiger partial charge in [0.1, 0.15) is 6.23 Å². The lowest BCUT2D eigenvalue weighted by Crippen LogP contribution is -2.23. The Morgan fingerprint density at radius 3 is 1.98 bits per heavy atom. The predicted octanol–water partition coefficient (Wildman–Crippen LogP) is 8.50. The Kier molecular flexibility index (Phi) is 10.5. The summed E-state index contributed by atoms with van der Waals surface area (Å²) >= 11 is 1.41. The van der Waals surface area contributed by atoms with Crippen LogP contribution in [-0.2, 0) is 10.2 Å². The number of carboxylic acid groups (broad SMARTS) is 1. The minimum atomic E-state index is -4.27. The van der Waals surface area contributed by atoms with Crippen molar-refractivity contribution in [3.63, 3.8) is 0 Å². The van der Waals surface area contributed by atoms with Crippen molar-refractivity contribution < 1.29 is 28.2 Å². The standard InChI is InChI=1S/C32H38F3NO3S/c1-20-18-26(19-21(2)29(20)23-10-12-25(13-11-23)31(3,4)5)40-27(14-16-32(33,34)35)22-6-8-24(9-7-22)30(39)36-17-15-28(37)38/h6-13,18-19,27,30,36,39H,14-17H2,1-5H3,(H,37,38). The van der Waals surface area contributed by atoms with Crippen LogP contribution in [0, 0.1) is 13.8 Å². The van der Waals surface area contributed by atoms with E-state index in [9.17, 15) is 23.1 Å². The number of nitrogens with one attached hydrogen (secondary N) is 1. The highest BCUT2D eigenvalue weighted by Gasteiger charge is 2.29. The smallest absolute Gasteiger partial charge is 0.389 e. The number of alkyl halides is 3. The molecule has 0 amide bonds. The fourth-order valence-electron chi connectivity index (χ4n) is 4.66. The van der Waals surface area contributed by atoms with Crippen LogP contribution in [0.1, 0.15) is 79.3 Å². The monoisotopic (exact) mass is 573 g/mol. The number of hydrogen-bond donors (Lipinski definition) is 3. The molecule has 0 radical (unpaired) electrons. The number of carbonyl (C=O) groups is 1. The first kappa shape index (κ1) is 31.7. The highest BCUT2D eigenvalue weighted by Crippen LogP contribution is 2.43. The van der Waals surface area contributed by atoms with E-state index >= 15 is 0 Å². The molecule has 0 bridgehead atoms. The zero-order valence-corrected chi connectivity index (χ0v) is 24.4. The molecule has 0 aliphatic heterocycles. The molecule has 0 saturated heterocycles. The lowest BCUT2D eigenvalue weighted by molar-refractivity contribution is -0.137. The number of aliphatic hydroxyl groups excluding tert-OH is 1. The van der Waals surface area contributed by atoms with Gasteiger partial charge < -0.3 is 10.2 Å². The quantitative estimate of drug-likeness (QED) is 0.159. The normalized spacial score (nSPS) is 13.7. The molecular weight excluding hydrogens is 535 g/mol. The van der Waals surface area contributed by atoms with E-state index in [1.54, 1.807) is 24.3 Å². The highest BCUT2D eigenvalue weighted by atomic mass is 32.2. The van der Waals surface area contributed by atoms with Crippen molar-refractivity contribution >= 4 is 17.7 Å². The first-order valence-electron chi connectivity index (χ1n) is 13.3. The number of hydrogen-bond acceptors (Lipinski definition) is 4. The highest BCUT2D eigenvalue weighted by molar-refractivity contribution is 7.99. The van der Waals surface area contributed by atoms with E-state index in [0.29, 0.717) is 5.56 Å². The van der Waals surface area contributed by atoms with Crippen LogP contribution in [0.25, 0.3) is 11.1 Å². The largest absolute Gasteiger partial charge is 0.481 e. The Morgan fingerprint density at radius 2 is 1.48 bits per heavy atom. The van der Waals surface area contributed by atoms with Crippen LogP contribution in [-0.4, -0.2) is 28.9 Å². The summed E-state index contributed by atoms with van der Waals surface area (Å²) < 4.78 is 39.6. The fourth-order valence-corrected chi connectivity index (χ4v) is 6.01. The molecule has 0 heterocycles. The molecule has 0 spiro atoms. The Labute approximate surface area is 239 Å². The summed E-state index contributed by atoms with van der Waals surface area (Å²) in [5.74, 6) is -0.975. The summed E-state index contributed by atoms with van der Waals surface area (Å²) in [5.41, 5.74) is 6.92. The van der Waals surface area contributed by atoms with Crippen LogP contribution >= 0.6 is 11.8 Å². The third kappa shape index (κ3) is 9.11. The van der Waals surface area contributed by atoms with Gasteiger partial charge in [-0.25, -0.2) is 0 Å². The van der Waals surface area contributed by atoms with Gasteiger partial charge in [0.25, 0.3) is 0 Å². The molecular formula is C32H38F3NO3S. The number of aryl methyl sites for hydroxylation is 2. The topological polar surface area (TPSA) is 69.6 Å². The minimum absolute atomic E-state index is 0.0572. The molecule has 0 aliphatic rings. The van der Waals surface area contributed by atoms with E-state index in [0.717, 1.165) is 32.7 Å². The van der Waals surface area contributed by atoms with Gasteiger partial charge in [-0.05, 0) is 76.8 Å². The molecule has 8 heteroatoms. The van der Waals surface area contributed by atoms with E-state index in [1.165, 1.54) is 17.3 Å². The van der Waals surface area contributed by atoms with Crippen molar-refractivity contribution in [3.8, 4) is 11.1 Å². The summed E-state index contributed by atoms with van der Waals surface area (Å²) in [5, 5.41) is 21.3. The number of rotatable bonds is 11. The number of benzene rings is 3. The zero-order valence-electron chi connectivity index (χ0n) is 23.6. The average Bonchev–Trinajstić information content (AvgIpc) is 2.85. The van der Waals surface area contributed by atoms with Gasteiger partial charge in [0.15, 0.2) is 0 Å². The number of halogens is 3. The molecule has 0 aliphatic carbocycles. The molecule has 2 atom stereocenters. The third-order valence-corrected chi connectivity index (χ3v) is 8.11. The molecule has 4 nitrogen and oxygen atoms in total. The molecule has 3 rings (SSSR count). The van der Waals surface area contributed by atoms with E-state index < -0.39 is 30.0 Å². The summed E-state index contributed by atoms with van der Waals surface area (Å²) in [4.78, 5) is 11.6. The second-order valence-corrected chi connectivity index (χ2v) is 12.5. The maximum Gasteiger partial charge on any atom is 0.389 e. The second-order valence-electron chi connectivity index (χ2n) is 11.2. The van der Waals surface area contributed by atoms with Gasteiger partial charge in [-0.1, -0.05) is 69.3 Å². The first-order valence-corrected chi connectivity index (χ1v) is 14.2. The molecule has 0 saturated carbocycles. The zero-order chi connectivity index (χ0) is 29.7. The molecule has 40 heavy (non-hydrogen) atoms. The van der Waals surface area contributed by atoms with E-state index in [1.807, 2.05) is 26.0 Å². The van der Waals surface area contributed by atoms with E-state index in [-0.39, 0.29) is 24.8 Å². The molecule has 0 aromatic heterocycles. The summed E-state index contributed by atoms with van der Waals surface area (Å²) in [6.45, 7) is 10.7. The molecule has 3 N–H and O–H groups in total. The van der Waals surface area contributed by atoms with Crippen LogP contribution in [0.15, 0.2) is 65.6 Å². The Hall–Kier alpha value is -2.81. The van der Waals surface area contributed by atoms with Gasteiger partial charge in [-0.2, -0.15) is 13.2 Å². The molecule has 2 unspecified atom stereocenters. The van der Waals surface area contributed by atoms with Crippen molar-refractivity contribution in [2.24, 2.45) is 0 Å². The van der Waals surface area contributed by atoms with Crippen molar-refractivity contribution in [3.05, 3.63) is 88.5 Å². The van der Waals surface area contributed by atoms with Gasteiger partial charge in [-0.3, -0.25) is 10.1 Å². The van der Waals surface area contributed by atoms with Gasteiger partial charge in [-0.15, -0.1) is 11.8 Å². The first-order chi connectivity index (χ1) is 18.6. The maximum atomic E-state index is 13.2. The van der Waals surface area contributed by atoms with Gasteiger partial charge in [0, 0.05) is 23.1 Å². The minimum Gasteiger partial charge on any atom is -0.481 e. The fraction of sp³-hybridized carbons (Fsp3) is 0.406. The lowest BCUT2D eigenvalue weighted by atomic mass is 9.85. The molecule has 3 aromatic carbocycles. The Bertz CT molecular complexity index is 1260. The molecule has 216 valence electrons. The van der Waals surface area contributed by atoms with E-state index in [2.05, 4.69) is 50.4 Å². The van der Waals surface area contributed by atoms with Crippen molar-refractivity contribution in [1.29, 1.82) is 0 Å². The van der Waals surface area contributed by atoms with Crippen LogP contribution in [0.2, 0.25) is 0 Å². The van der Waals surface area contributed by atoms with Crippen LogP contribution < -0.4 is 5.32 Å². The van der Waals surface area contributed by atoms with Crippen LogP contribution in [0.4, 0.5) is 13.2 Å². The van der Waals surface area contributed by atoms with E-state index in [4.69, 9.17) is 5.11 Å². The lowest BCUT2D eigenvalue weighted by Gasteiger charge is -2.22. The van der Waals surface area contributed by atoms with Crippen LogP contribution in [0.5, 0.6) is 0 Å². The summed E-state index contributed by atoms with van der Waals surface area (Å²) in [6.07, 6.45) is -6.45. The van der Waals surface area contributed by atoms with Crippen LogP contribution in [0.3, 0.4) is 0 Å². The van der Waals surface area contributed by atoms with Gasteiger partial charge in [0.2, 0.25) is 0 Å². The number of aliphatic carboxylic acids is 1.